The summed E-state index contributed by atoms with van der Waals surface area (Å²) in [5.74, 6) is -1.15. The molecule has 0 aromatic heterocycles. The maximum atomic E-state index is 13.2. The topological polar surface area (TPSA) is 84.3 Å². The van der Waals surface area contributed by atoms with Crippen molar-refractivity contribution in [1.82, 2.24) is 4.90 Å². The summed E-state index contributed by atoms with van der Waals surface area (Å²) < 4.78 is 0. The van der Waals surface area contributed by atoms with Crippen LogP contribution in [0.1, 0.15) is 31.9 Å². The van der Waals surface area contributed by atoms with E-state index in [2.05, 4.69) is 16.8 Å². The monoisotopic (exact) mass is 449 g/mol. The van der Waals surface area contributed by atoms with E-state index in [9.17, 15) is 19.8 Å². The van der Waals surface area contributed by atoms with Crippen LogP contribution in [0.25, 0.3) is 0 Å². The molecule has 0 aliphatic carbocycles. The van der Waals surface area contributed by atoms with E-state index in [4.69, 9.17) is 0 Å². The third-order valence-electron chi connectivity index (χ3n) is 6.31. The third-order valence-corrected chi connectivity index (χ3v) is 6.31. The summed E-state index contributed by atoms with van der Waals surface area (Å²) >= 11 is 0. The summed E-state index contributed by atoms with van der Waals surface area (Å²) in [5, 5.41) is 20.5. The standard InChI is InChI=1S/C26H31N3O4/c1-17(2)16-22(31)23-24(18-4-10-21(30)11-5-18)29(26(33)25(23)32)20-8-6-19(7-9-20)28-14-12-27(3)13-15-28/h4-11,17,24,30,32H,12-16H2,1-3H3. The predicted octanol–water partition coefficient (Wildman–Crippen LogP) is 3.66. The van der Waals surface area contributed by atoms with E-state index in [0.29, 0.717) is 11.3 Å². The molecule has 2 aromatic carbocycles. The lowest BCUT2D eigenvalue weighted by molar-refractivity contribution is -0.118. The van der Waals surface area contributed by atoms with Gasteiger partial charge < -0.3 is 20.0 Å². The fraction of sp³-hybridized carbons (Fsp3) is 0.385. The van der Waals surface area contributed by atoms with Gasteiger partial charge in [-0.25, -0.2) is 0 Å². The Balaban J connectivity index is 1.69. The number of likely N-dealkylation sites (N-methyl/N-ethyl adjacent to an activating group) is 1. The number of aliphatic hydroxyl groups is 1. The molecule has 2 aliphatic rings. The number of aliphatic hydroxyl groups excluding tert-OH is 1. The van der Waals surface area contributed by atoms with Crippen LogP contribution in [-0.2, 0) is 9.59 Å². The lowest BCUT2D eigenvalue weighted by Crippen LogP contribution is -2.44. The zero-order valence-electron chi connectivity index (χ0n) is 19.4. The molecule has 0 spiro atoms. The van der Waals surface area contributed by atoms with Crippen molar-refractivity contribution < 1.29 is 19.8 Å². The normalized spacial score (nSPS) is 19.6. The van der Waals surface area contributed by atoms with E-state index in [1.54, 1.807) is 12.1 Å². The Bertz CT molecular complexity index is 1050. The zero-order valence-corrected chi connectivity index (χ0v) is 19.4. The van der Waals surface area contributed by atoms with Gasteiger partial charge in [-0.1, -0.05) is 26.0 Å². The molecule has 0 saturated carbocycles. The lowest BCUT2D eigenvalue weighted by atomic mass is 9.92. The average molecular weight is 450 g/mol. The predicted molar refractivity (Wildman–Crippen MR) is 129 cm³/mol. The van der Waals surface area contributed by atoms with E-state index < -0.39 is 17.7 Å². The molecule has 1 saturated heterocycles. The fourth-order valence-electron chi connectivity index (χ4n) is 4.50. The number of hydrogen-bond donors (Lipinski definition) is 2. The van der Waals surface area contributed by atoms with Gasteiger partial charge in [0.1, 0.15) is 5.75 Å². The van der Waals surface area contributed by atoms with Crippen LogP contribution in [0.15, 0.2) is 59.9 Å². The van der Waals surface area contributed by atoms with Crippen molar-refractivity contribution in [3.63, 3.8) is 0 Å². The largest absolute Gasteiger partial charge is 0.508 e. The third kappa shape index (κ3) is 4.59. The van der Waals surface area contributed by atoms with Crippen molar-refractivity contribution in [1.29, 1.82) is 0 Å². The van der Waals surface area contributed by atoms with Gasteiger partial charge in [0.25, 0.3) is 5.91 Å². The molecule has 2 aromatic rings. The van der Waals surface area contributed by atoms with Crippen LogP contribution in [0.5, 0.6) is 5.75 Å². The molecule has 0 bridgehead atoms. The zero-order chi connectivity index (χ0) is 23.7. The number of Topliss-reactive ketones (excluding diaryl/α,β-unsaturated/α-hetero) is 1. The molecule has 1 atom stereocenters. The number of ketones is 1. The first-order chi connectivity index (χ1) is 15.8. The molecule has 2 N–H and O–H groups in total. The Labute approximate surface area is 194 Å². The molecule has 4 rings (SSSR count). The molecule has 174 valence electrons. The Morgan fingerprint density at radius 1 is 0.939 bits per heavy atom. The number of phenols is 1. The number of nitrogens with zero attached hydrogens (tertiary/aromatic N) is 3. The Kier molecular flexibility index (Phi) is 6.42. The van der Waals surface area contributed by atoms with Crippen LogP contribution in [0.2, 0.25) is 0 Å². The summed E-state index contributed by atoms with van der Waals surface area (Å²) in [7, 11) is 2.11. The van der Waals surface area contributed by atoms with Crippen LogP contribution < -0.4 is 9.80 Å². The van der Waals surface area contributed by atoms with Gasteiger partial charge in [-0.2, -0.15) is 0 Å². The quantitative estimate of drug-likeness (QED) is 0.700. The number of aromatic hydroxyl groups is 1. The van der Waals surface area contributed by atoms with Gasteiger partial charge in [-0.05, 0) is 54.9 Å². The van der Waals surface area contributed by atoms with Crippen LogP contribution in [0.4, 0.5) is 11.4 Å². The summed E-state index contributed by atoms with van der Waals surface area (Å²) in [6.45, 7) is 7.71. The smallest absolute Gasteiger partial charge is 0.294 e. The number of carbonyl (C=O) groups is 2. The first-order valence-corrected chi connectivity index (χ1v) is 11.4. The molecular formula is C26H31N3O4. The highest BCUT2D eigenvalue weighted by Gasteiger charge is 2.44. The van der Waals surface area contributed by atoms with Crippen LogP contribution in [0, 0.1) is 5.92 Å². The van der Waals surface area contributed by atoms with Crippen molar-refractivity contribution >= 4 is 23.1 Å². The molecule has 2 aliphatic heterocycles. The maximum Gasteiger partial charge on any atom is 0.294 e. The second-order valence-electron chi connectivity index (χ2n) is 9.26. The minimum absolute atomic E-state index is 0.0882. The first kappa shape index (κ1) is 22.9. The van der Waals surface area contributed by atoms with Gasteiger partial charge in [-0.3, -0.25) is 14.5 Å². The van der Waals surface area contributed by atoms with Gasteiger partial charge in [-0.15, -0.1) is 0 Å². The Morgan fingerprint density at radius 3 is 2.09 bits per heavy atom. The number of rotatable bonds is 6. The fourth-order valence-corrected chi connectivity index (χ4v) is 4.50. The molecule has 1 unspecified atom stereocenters. The average Bonchev–Trinajstić information content (AvgIpc) is 3.05. The van der Waals surface area contributed by atoms with Crippen LogP contribution in [-0.4, -0.2) is 60.0 Å². The Morgan fingerprint density at radius 2 is 1.52 bits per heavy atom. The van der Waals surface area contributed by atoms with Gasteiger partial charge in [0.05, 0.1) is 11.6 Å². The van der Waals surface area contributed by atoms with E-state index in [-0.39, 0.29) is 29.4 Å². The van der Waals surface area contributed by atoms with E-state index in [1.807, 2.05) is 38.1 Å². The van der Waals surface area contributed by atoms with E-state index >= 15 is 0 Å². The number of piperazine rings is 1. The van der Waals surface area contributed by atoms with E-state index in [1.165, 1.54) is 17.0 Å². The summed E-state index contributed by atoms with van der Waals surface area (Å²) in [5.41, 5.74) is 2.45. The summed E-state index contributed by atoms with van der Waals surface area (Å²) in [4.78, 5) is 32.3. The lowest BCUT2D eigenvalue weighted by Gasteiger charge is -2.34. The molecule has 1 fully saturated rings. The Hall–Kier alpha value is -3.32. The number of benzene rings is 2. The maximum absolute atomic E-state index is 13.2. The number of carbonyl (C=O) groups excluding carboxylic acids is 2. The SMILES string of the molecule is CC(C)CC(=O)C1=C(O)C(=O)N(c2ccc(N3CCN(C)CC3)cc2)C1c1ccc(O)cc1. The van der Waals surface area contributed by atoms with Crippen LogP contribution >= 0.6 is 0 Å². The van der Waals surface area contributed by atoms with Crippen molar-refractivity contribution in [2.75, 3.05) is 43.0 Å². The number of anilines is 2. The molecular weight excluding hydrogens is 418 g/mol. The number of hydrogen-bond acceptors (Lipinski definition) is 6. The van der Waals surface area contributed by atoms with Crippen LogP contribution in [0.3, 0.4) is 0 Å². The van der Waals surface area contributed by atoms with Gasteiger partial charge in [0.2, 0.25) is 0 Å². The highest BCUT2D eigenvalue weighted by molar-refractivity contribution is 6.16. The molecule has 2 heterocycles. The first-order valence-electron chi connectivity index (χ1n) is 11.4. The van der Waals surface area contributed by atoms with Gasteiger partial charge in [0.15, 0.2) is 11.5 Å². The second-order valence-corrected chi connectivity index (χ2v) is 9.26. The summed E-state index contributed by atoms with van der Waals surface area (Å²) in [6.07, 6.45) is 0.234. The van der Waals surface area contributed by atoms with Crippen molar-refractivity contribution in [3.05, 3.63) is 65.4 Å². The molecule has 0 radical (unpaired) electrons. The van der Waals surface area contributed by atoms with Gasteiger partial charge in [0, 0.05) is 44.0 Å². The van der Waals surface area contributed by atoms with Gasteiger partial charge >= 0.3 is 0 Å². The summed E-state index contributed by atoms with van der Waals surface area (Å²) in [6, 6.07) is 13.3. The second kappa shape index (κ2) is 9.27. The highest BCUT2D eigenvalue weighted by atomic mass is 16.3. The van der Waals surface area contributed by atoms with Crippen molar-refractivity contribution in [2.45, 2.75) is 26.3 Å². The molecule has 1 amide bonds. The van der Waals surface area contributed by atoms with Crippen molar-refractivity contribution in [2.24, 2.45) is 5.92 Å². The highest BCUT2D eigenvalue weighted by Crippen LogP contribution is 2.42. The number of amides is 1. The van der Waals surface area contributed by atoms with Crippen molar-refractivity contribution in [3.8, 4) is 5.75 Å². The minimum Gasteiger partial charge on any atom is -0.508 e. The molecule has 7 heteroatoms. The minimum atomic E-state index is -0.751. The molecule has 33 heavy (non-hydrogen) atoms. The van der Waals surface area contributed by atoms with E-state index in [0.717, 1.165) is 31.9 Å². The molecule has 7 nitrogen and oxygen atoms in total. The number of phenolic OH excluding ortho intramolecular Hbond substituents is 1.